The molecule has 0 bridgehead atoms. The molecule has 1 aliphatic heterocycles. The number of nitro groups is 1. The van der Waals surface area contributed by atoms with E-state index in [1.54, 1.807) is 0 Å². The van der Waals surface area contributed by atoms with Gasteiger partial charge in [-0.05, 0) is 50.7 Å². The van der Waals surface area contributed by atoms with Gasteiger partial charge in [0.05, 0.1) is 11.5 Å². The van der Waals surface area contributed by atoms with Crippen LogP contribution in [-0.2, 0) is 9.53 Å². The molecule has 2 aliphatic rings. The normalized spacial score (nSPS) is 24.4. The van der Waals surface area contributed by atoms with Gasteiger partial charge in [-0.1, -0.05) is 12.8 Å². The largest absolute Gasteiger partial charge is 0.465 e. The Hall–Kier alpha value is -2.48. The fourth-order valence-electron chi connectivity index (χ4n) is 4.68. The molecular formula is C21H29N3O5. The van der Waals surface area contributed by atoms with Crippen LogP contribution in [0.4, 0.5) is 5.69 Å². The van der Waals surface area contributed by atoms with Gasteiger partial charge in [0.25, 0.3) is 11.6 Å². The molecule has 1 heterocycles. The predicted octanol–water partition coefficient (Wildman–Crippen LogP) is 2.91. The molecule has 1 aliphatic carbocycles. The van der Waals surface area contributed by atoms with Crippen molar-refractivity contribution in [1.29, 1.82) is 0 Å². The van der Waals surface area contributed by atoms with Gasteiger partial charge in [0.2, 0.25) is 0 Å². The maximum atomic E-state index is 12.5. The molecule has 2 fully saturated rings. The number of carbonyl (C=O) groups is 2. The molecule has 1 aromatic carbocycles. The summed E-state index contributed by atoms with van der Waals surface area (Å²) in [6.45, 7) is 3.19. The molecule has 0 spiro atoms. The number of rotatable bonds is 7. The second kappa shape index (κ2) is 9.82. The van der Waals surface area contributed by atoms with Crippen molar-refractivity contribution in [2.75, 3.05) is 19.7 Å². The van der Waals surface area contributed by atoms with E-state index in [0.29, 0.717) is 37.2 Å². The molecule has 8 nitrogen and oxygen atoms in total. The van der Waals surface area contributed by atoms with E-state index < -0.39 is 4.92 Å². The molecule has 1 N–H and O–H groups in total. The average molecular weight is 403 g/mol. The zero-order valence-corrected chi connectivity index (χ0v) is 16.8. The van der Waals surface area contributed by atoms with Gasteiger partial charge in [0.1, 0.15) is 6.04 Å². The Balaban J connectivity index is 1.61. The van der Waals surface area contributed by atoms with Crippen LogP contribution in [-0.4, -0.2) is 53.5 Å². The summed E-state index contributed by atoms with van der Waals surface area (Å²) < 4.78 is 5.30. The van der Waals surface area contributed by atoms with E-state index in [4.69, 9.17) is 4.74 Å². The van der Waals surface area contributed by atoms with Crippen LogP contribution >= 0.6 is 0 Å². The zero-order chi connectivity index (χ0) is 20.8. The minimum absolute atomic E-state index is 0.0458. The molecule has 3 atom stereocenters. The number of likely N-dealkylation sites (tertiary alicyclic amines) is 1. The van der Waals surface area contributed by atoms with Crippen molar-refractivity contribution in [1.82, 2.24) is 10.2 Å². The van der Waals surface area contributed by atoms with Crippen LogP contribution in [0.3, 0.4) is 0 Å². The Labute approximate surface area is 170 Å². The van der Waals surface area contributed by atoms with Crippen LogP contribution in [0.25, 0.3) is 0 Å². The Morgan fingerprint density at radius 2 is 1.90 bits per heavy atom. The fourth-order valence-corrected chi connectivity index (χ4v) is 4.68. The van der Waals surface area contributed by atoms with Crippen LogP contribution in [0, 0.1) is 16.0 Å². The second-order valence-corrected chi connectivity index (χ2v) is 7.75. The van der Waals surface area contributed by atoms with Crippen LogP contribution in [0.5, 0.6) is 0 Å². The van der Waals surface area contributed by atoms with Gasteiger partial charge < -0.3 is 10.1 Å². The first-order valence-corrected chi connectivity index (χ1v) is 10.5. The minimum Gasteiger partial charge on any atom is -0.465 e. The standard InChI is InChI=1S/C21H29N3O5/c1-2-29-21(26)19-12-9-15-5-3-4-6-18(15)23(19)14-13-22-20(25)16-7-10-17(11-8-16)24(27)28/h7-8,10-11,15,18-19H,2-6,9,12-14H2,1H3,(H,22,25). The van der Waals surface area contributed by atoms with Crippen molar-refractivity contribution in [3.63, 3.8) is 0 Å². The Morgan fingerprint density at radius 3 is 2.59 bits per heavy atom. The quantitative estimate of drug-likeness (QED) is 0.427. The third-order valence-electron chi connectivity index (χ3n) is 6.06. The van der Waals surface area contributed by atoms with Crippen molar-refractivity contribution < 1.29 is 19.2 Å². The number of piperidine rings is 1. The first-order chi connectivity index (χ1) is 14.0. The Kier molecular flexibility index (Phi) is 7.19. The Morgan fingerprint density at radius 1 is 1.17 bits per heavy atom. The van der Waals surface area contributed by atoms with E-state index in [2.05, 4.69) is 10.2 Å². The van der Waals surface area contributed by atoms with Crippen molar-refractivity contribution in [3.05, 3.63) is 39.9 Å². The summed E-state index contributed by atoms with van der Waals surface area (Å²) in [6, 6.07) is 5.67. The number of nitrogens with zero attached hydrogens (tertiary/aromatic N) is 2. The third-order valence-corrected chi connectivity index (χ3v) is 6.06. The van der Waals surface area contributed by atoms with Crippen LogP contribution in [0.1, 0.15) is 55.8 Å². The number of amides is 1. The van der Waals surface area contributed by atoms with Gasteiger partial charge in [-0.25, -0.2) is 0 Å². The van der Waals surface area contributed by atoms with Crippen molar-refractivity contribution in [2.45, 2.75) is 57.5 Å². The lowest BCUT2D eigenvalue weighted by Crippen LogP contribution is -2.57. The van der Waals surface area contributed by atoms with Gasteiger partial charge in [0.15, 0.2) is 0 Å². The smallest absolute Gasteiger partial charge is 0.323 e. The van der Waals surface area contributed by atoms with E-state index in [0.717, 1.165) is 19.3 Å². The van der Waals surface area contributed by atoms with E-state index in [1.807, 2.05) is 6.92 Å². The molecule has 1 aromatic rings. The number of nitrogens with one attached hydrogen (secondary N) is 1. The van der Waals surface area contributed by atoms with E-state index in [1.165, 1.54) is 43.5 Å². The number of esters is 1. The first-order valence-electron chi connectivity index (χ1n) is 10.5. The number of nitro benzene ring substituents is 1. The van der Waals surface area contributed by atoms with Crippen molar-refractivity contribution >= 4 is 17.6 Å². The highest BCUT2D eigenvalue weighted by Crippen LogP contribution is 2.37. The van der Waals surface area contributed by atoms with Gasteiger partial charge in [-0.3, -0.25) is 24.6 Å². The van der Waals surface area contributed by atoms with Gasteiger partial charge >= 0.3 is 5.97 Å². The third kappa shape index (κ3) is 5.12. The lowest BCUT2D eigenvalue weighted by molar-refractivity contribution is -0.384. The molecule has 1 amide bonds. The maximum absolute atomic E-state index is 12.5. The number of fused-ring (bicyclic) bond motifs is 1. The van der Waals surface area contributed by atoms with Gasteiger partial charge in [-0.2, -0.15) is 0 Å². The molecule has 1 saturated heterocycles. The molecule has 3 rings (SSSR count). The summed E-state index contributed by atoms with van der Waals surface area (Å²) in [5, 5.41) is 13.6. The molecular weight excluding hydrogens is 374 g/mol. The molecule has 8 heteroatoms. The van der Waals surface area contributed by atoms with Gasteiger partial charge in [-0.15, -0.1) is 0 Å². The molecule has 0 aromatic heterocycles. The average Bonchev–Trinajstić information content (AvgIpc) is 2.73. The summed E-state index contributed by atoms with van der Waals surface area (Å²) >= 11 is 0. The SMILES string of the molecule is CCOC(=O)C1CCC2CCCCC2N1CCNC(=O)c1ccc([N+](=O)[O-])cc1. The lowest BCUT2D eigenvalue weighted by atomic mass is 9.76. The molecule has 29 heavy (non-hydrogen) atoms. The highest BCUT2D eigenvalue weighted by molar-refractivity contribution is 5.94. The Bertz CT molecular complexity index is 736. The number of non-ortho nitro benzene ring substituents is 1. The van der Waals surface area contributed by atoms with Crippen LogP contribution in [0.2, 0.25) is 0 Å². The monoisotopic (exact) mass is 403 g/mol. The fraction of sp³-hybridized carbons (Fsp3) is 0.619. The zero-order valence-electron chi connectivity index (χ0n) is 16.8. The lowest BCUT2D eigenvalue weighted by Gasteiger charge is -2.47. The minimum atomic E-state index is -0.492. The number of carbonyl (C=O) groups excluding carboxylic acids is 2. The van der Waals surface area contributed by atoms with Crippen molar-refractivity contribution in [2.24, 2.45) is 5.92 Å². The highest BCUT2D eigenvalue weighted by atomic mass is 16.6. The molecule has 3 unspecified atom stereocenters. The molecule has 158 valence electrons. The number of ether oxygens (including phenoxy) is 1. The molecule has 0 radical (unpaired) electrons. The van der Waals surface area contributed by atoms with Crippen molar-refractivity contribution in [3.8, 4) is 0 Å². The predicted molar refractivity (Wildman–Crippen MR) is 108 cm³/mol. The summed E-state index contributed by atoms with van der Waals surface area (Å²) in [5.41, 5.74) is 0.335. The first kappa shape index (κ1) is 21.2. The van der Waals surface area contributed by atoms with E-state index in [-0.39, 0.29) is 23.6 Å². The highest BCUT2D eigenvalue weighted by Gasteiger charge is 2.41. The van der Waals surface area contributed by atoms with Crippen LogP contribution in [0.15, 0.2) is 24.3 Å². The second-order valence-electron chi connectivity index (χ2n) is 7.75. The summed E-state index contributed by atoms with van der Waals surface area (Å²) in [6.07, 6.45) is 6.55. The van der Waals surface area contributed by atoms with E-state index >= 15 is 0 Å². The maximum Gasteiger partial charge on any atom is 0.323 e. The number of hydrogen-bond acceptors (Lipinski definition) is 6. The van der Waals surface area contributed by atoms with E-state index in [9.17, 15) is 19.7 Å². The number of benzene rings is 1. The summed E-state index contributed by atoms with van der Waals surface area (Å²) in [7, 11) is 0. The topological polar surface area (TPSA) is 102 Å². The van der Waals surface area contributed by atoms with Crippen LogP contribution < -0.4 is 5.32 Å². The number of hydrogen-bond donors (Lipinski definition) is 1. The summed E-state index contributed by atoms with van der Waals surface area (Å²) in [4.78, 5) is 37.3. The molecule has 1 saturated carbocycles. The summed E-state index contributed by atoms with van der Waals surface area (Å²) in [5.74, 6) is 0.169. The van der Waals surface area contributed by atoms with Gasteiger partial charge in [0, 0.05) is 36.8 Å².